The summed E-state index contributed by atoms with van der Waals surface area (Å²) in [6, 6.07) is -10.1. The number of aromatic amines is 1. The third kappa shape index (κ3) is 33.7. The van der Waals surface area contributed by atoms with Crippen LogP contribution in [-0.2, 0) is 35.1 Å². The number of aliphatic hydroxyl groups excluding tert-OH is 15. The number of carboxylic acid groups (broad SMARTS) is 4. The molecule has 13 atom stereocenters. The molecule has 0 aliphatic carbocycles. The molecule has 0 spiro atoms. The van der Waals surface area contributed by atoms with E-state index < -0.39 is 255 Å². The van der Waals surface area contributed by atoms with Crippen molar-refractivity contribution in [1.82, 2.24) is 4.98 Å². The molecule has 0 fully saturated rings. The topological polar surface area (TPSA) is 748 Å². The van der Waals surface area contributed by atoms with Crippen molar-refractivity contribution in [3.63, 3.8) is 0 Å². The molecule has 25 N–H and O–H groups in total. The molecular formula is C74H105N17O26. The zero-order valence-corrected chi connectivity index (χ0v) is 64.8. The van der Waals surface area contributed by atoms with E-state index in [-0.39, 0.29) is 43.5 Å². The van der Waals surface area contributed by atoms with E-state index >= 15 is 0 Å². The molecule has 2 aromatic carbocycles. The van der Waals surface area contributed by atoms with Gasteiger partial charge in [-0.25, -0.2) is 69.7 Å². The summed E-state index contributed by atoms with van der Waals surface area (Å²) in [4.78, 5) is 132. The number of rotatable bonds is 37. The first kappa shape index (κ1) is 96.7. The second-order valence-electron chi connectivity index (χ2n) is 27.2. The first-order valence-corrected chi connectivity index (χ1v) is 37.3. The molecule has 1 aliphatic rings. The number of aliphatic hydroxyl groups is 15. The molecule has 642 valence electrons. The van der Waals surface area contributed by atoms with Gasteiger partial charge in [-0.05, 0) is 69.3 Å². The Bertz CT molecular complexity index is 4300. The molecule has 0 radical (unpaired) electrons. The lowest BCUT2D eigenvalue weighted by atomic mass is 9.97. The van der Waals surface area contributed by atoms with Gasteiger partial charge in [-0.3, -0.25) is 29.4 Å². The summed E-state index contributed by atoms with van der Waals surface area (Å²) >= 11 is 0. The molecule has 3 aromatic rings. The third-order valence-corrected chi connectivity index (χ3v) is 17.6. The monoisotopic (exact) mass is 1650 g/mol. The summed E-state index contributed by atoms with van der Waals surface area (Å²) in [7, 11) is 0. The number of carboxylic acids is 4. The van der Waals surface area contributed by atoms with E-state index in [4.69, 9.17) is 21.6 Å². The Labute approximate surface area is 669 Å². The molecule has 1 aliphatic heterocycles. The van der Waals surface area contributed by atoms with Crippen LogP contribution in [0.25, 0.3) is 10.9 Å². The summed E-state index contributed by atoms with van der Waals surface area (Å²) in [5.74, 6) is -27.5. The number of H-pyrrole nitrogens is 1. The first-order chi connectivity index (χ1) is 55.4. The molecule has 1 aromatic heterocycles. The summed E-state index contributed by atoms with van der Waals surface area (Å²) in [6.07, 6.45) is 0.834. The summed E-state index contributed by atoms with van der Waals surface area (Å²) < 4.78 is 5.73. The summed E-state index contributed by atoms with van der Waals surface area (Å²) in [6.45, 7) is 1.43. The van der Waals surface area contributed by atoms with Gasteiger partial charge in [0.05, 0.1) is 38.7 Å². The van der Waals surface area contributed by atoms with Crippen LogP contribution < -0.4 is 11.5 Å². The van der Waals surface area contributed by atoms with Crippen LogP contribution in [0, 0.1) is 11.3 Å². The number of unbranched alkanes of at least 4 members (excludes halogenated alkanes) is 8. The number of cyclic esters (lactones) is 1. The molecule has 0 bridgehead atoms. The van der Waals surface area contributed by atoms with Crippen LogP contribution in [0.2, 0.25) is 0 Å². The number of nitrogens with one attached hydrogen (secondary N) is 2. The quantitative estimate of drug-likeness (QED) is 0.00681. The van der Waals surface area contributed by atoms with Gasteiger partial charge in [0, 0.05) is 47.6 Å². The maximum Gasteiger partial charge on any atom is 0.331 e. The number of nitrogens with zero attached hydrogens (tertiary/aromatic N) is 13. The molecular weight excluding hydrogens is 1540 g/mol. The number of ether oxygens (including phenoxy) is 1. The number of carbonyl (C=O) groups excluding carboxylic acids is 2. The van der Waals surface area contributed by atoms with E-state index in [2.05, 4.69) is 76.8 Å². The number of Topliss-reactive ketones (excluding diaryl/α,β-unsaturated/α-hetero) is 1. The lowest BCUT2D eigenvalue weighted by molar-refractivity contribution is -0.150. The van der Waals surface area contributed by atoms with Crippen molar-refractivity contribution < 1.29 is 131 Å². The summed E-state index contributed by atoms with van der Waals surface area (Å²) in [5, 5.41) is 218. The van der Waals surface area contributed by atoms with Gasteiger partial charge in [0.25, 0.3) is 0 Å². The van der Waals surface area contributed by atoms with E-state index in [9.17, 15) is 126 Å². The van der Waals surface area contributed by atoms with E-state index in [0.29, 0.717) is 22.9 Å². The minimum absolute atomic E-state index is 0.0507. The van der Waals surface area contributed by atoms with E-state index in [1.54, 1.807) is 30.5 Å². The van der Waals surface area contributed by atoms with Crippen molar-refractivity contribution in [1.29, 1.82) is 5.41 Å². The minimum Gasteiger partial charge on any atom is -0.497 e. The number of aliphatic carboxylic acids is 4. The Morgan fingerprint density at radius 1 is 0.564 bits per heavy atom. The van der Waals surface area contributed by atoms with Crippen LogP contribution in [-0.4, -0.2) is 319 Å². The SMILES string of the molecule is CCCCCCCCCCCC(O)=NC(Cc1c[nH]c2ccccc12)C(O)=NC(CC(=N)O)C(O)=NC(CC(=O)O)C(O)=NC1C(O)=NCC(O)=NC(CCCN)C(O)=NC(CC(=O)O)C(O)=NC(C)C(O)=NC(CC(=O)O)C(O)=NCC(O)=NC(CO)C(O)=NC(C(C)CC(=O)O)C(O)=NC(CC(=O)c2ccccc2N)C(=O)OC1C. The van der Waals surface area contributed by atoms with E-state index in [1.165, 1.54) is 24.3 Å². The average Bonchev–Trinajstić information content (AvgIpc) is 1.75. The fourth-order valence-electron chi connectivity index (χ4n) is 11.5. The Morgan fingerprint density at radius 3 is 1.68 bits per heavy atom. The average molecular weight is 1650 g/mol. The van der Waals surface area contributed by atoms with Gasteiger partial charge in [-0.1, -0.05) is 95.5 Å². The number of esters is 1. The van der Waals surface area contributed by atoms with Crippen molar-refractivity contribution in [2.45, 2.75) is 222 Å². The lowest BCUT2D eigenvalue weighted by Crippen LogP contribution is -2.40. The van der Waals surface area contributed by atoms with Gasteiger partial charge < -0.3 is 118 Å². The number of nitrogens with two attached hydrogens (primary N) is 2. The van der Waals surface area contributed by atoms with Crippen molar-refractivity contribution in [3.05, 3.63) is 65.9 Å². The molecule has 13 unspecified atom stereocenters. The standard InChI is InChI=1S/C74H105N17O26/c1-5-6-7-8-9-10-11-12-13-24-55(95)83-46(27-40-33-78-44-22-17-15-19-41(40)44)68(110)86-47(29-54(77)94)69(111)88-50(32-61(104)105)70(112)91-63-39(4)117-74(116)51(28-53(93)42-20-14-16-21-43(42)76)89-73(115)62(37(2)26-58(98)99)90-71(113)52(36-92)84-57(97)34-79-65(107)48(30-59(100)101)85-64(106)38(3)81-67(109)49(31-60(102)103)87-66(108)45(23-18-25-75)82-56(96)35-80-72(63)114/h14-17,19-22,33,37-39,45-52,62-63,78,92H,5-13,18,23-32,34-36,75-76H2,1-4H3,(H2,77,94)(H,79,107)(H,80,114)(H,81,109)(H,82,96)(H,83,95)(H,84,97)(H,85,106)(H,86,110)(H,87,108)(H,88,111)(H,89,115)(H,90,113)(H,91,112)(H,98,99)(H,100,101)(H,102,103)(H,104,105). The van der Waals surface area contributed by atoms with Gasteiger partial charge in [-0.2, -0.15) is 0 Å². The van der Waals surface area contributed by atoms with Gasteiger partial charge in [0.1, 0.15) is 67.5 Å². The molecule has 0 amide bonds. The molecule has 43 heteroatoms. The number of para-hydroxylation sites is 2. The van der Waals surface area contributed by atoms with Crippen LogP contribution in [0.15, 0.2) is 120 Å². The zero-order chi connectivity index (χ0) is 87.2. The molecule has 2 heterocycles. The van der Waals surface area contributed by atoms with Crippen LogP contribution in [0.3, 0.4) is 0 Å². The summed E-state index contributed by atoms with van der Waals surface area (Å²) in [5.41, 5.74) is 12.7. The first-order valence-electron chi connectivity index (χ1n) is 37.3. The van der Waals surface area contributed by atoms with Crippen LogP contribution in [0.1, 0.15) is 159 Å². The lowest BCUT2D eigenvalue weighted by Gasteiger charge is -2.24. The zero-order valence-electron chi connectivity index (χ0n) is 64.8. The Hall–Kier alpha value is -12.7. The number of benzene rings is 2. The number of carbonyl (C=O) groups is 6. The Balaban J connectivity index is 2.09. The van der Waals surface area contributed by atoms with Gasteiger partial charge >= 0.3 is 29.8 Å². The van der Waals surface area contributed by atoms with Crippen molar-refractivity contribution >= 4 is 135 Å². The van der Waals surface area contributed by atoms with Crippen LogP contribution in [0.5, 0.6) is 0 Å². The Morgan fingerprint density at radius 2 is 1.09 bits per heavy atom. The number of aromatic nitrogens is 1. The number of anilines is 1. The molecule has 0 saturated heterocycles. The van der Waals surface area contributed by atoms with E-state index in [0.717, 1.165) is 72.1 Å². The second-order valence-corrected chi connectivity index (χ2v) is 27.2. The van der Waals surface area contributed by atoms with Gasteiger partial charge in [-0.15, -0.1) is 0 Å². The maximum absolute atomic E-state index is 14.9. The maximum atomic E-state index is 14.9. The molecule has 43 nitrogen and oxygen atoms in total. The normalized spacial score (nSPS) is 21.9. The highest BCUT2D eigenvalue weighted by atomic mass is 16.5. The largest absolute Gasteiger partial charge is 0.497 e. The van der Waals surface area contributed by atoms with Crippen LogP contribution in [0.4, 0.5) is 5.69 Å². The predicted octanol–water partition coefficient (Wildman–Crippen LogP) is 7.13. The fraction of sp³-hybridized carbons (Fsp3) is 0.541. The third-order valence-electron chi connectivity index (χ3n) is 17.6. The van der Waals surface area contributed by atoms with Gasteiger partial charge in [0.2, 0.25) is 70.8 Å². The van der Waals surface area contributed by atoms with Crippen molar-refractivity contribution in [2.75, 3.05) is 32.0 Å². The number of fused-ring (bicyclic) bond motifs is 1. The van der Waals surface area contributed by atoms with Gasteiger partial charge in [0.15, 0.2) is 35.7 Å². The smallest absolute Gasteiger partial charge is 0.331 e. The highest BCUT2D eigenvalue weighted by Gasteiger charge is 2.37. The van der Waals surface area contributed by atoms with E-state index in [1.807, 2.05) is 0 Å². The second kappa shape index (κ2) is 49.2. The molecule has 117 heavy (non-hydrogen) atoms. The predicted molar refractivity (Wildman–Crippen MR) is 436 cm³/mol. The van der Waals surface area contributed by atoms with Crippen molar-refractivity contribution in [2.24, 2.45) is 76.6 Å². The molecule has 4 rings (SSSR count). The Kier molecular flexibility index (Phi) is 40.6. The number of aliphatic imine (C=N–C) groups is 13. The number of hydrogen-bond donors (Lipinski definition) is 23. The fourth-order valence-corrected chi connectivity index (χ4v) is 11.5. The highest BCUT2D eigenvalue weighted by Crippen LogP contribution is 2.25. The number of nitrogen functional groups attached to an aromatic ring is 1. The number of ketones is 1. The highest BCUT2D eigenvalue weighted by molar-refractivity contribution is 6.04. The van der Waals surface area contributed by atoms with Crippen LogP contribution >= 0.6 is 0 Å². The minimum atomic E-state index is -2.42. The number of hydrogen-bond acceptors (Lipinski definition) is 24. The van der Waals surface area contributed by atoms with Crippen molar-refractivity contribution in [3.8, 4) is 0 Å². The molecule has 0 saturated carbocycles.